The molecule has 0 aromatic heterocycles. The first-order valence-corrected chi connectivity index (χ1v) is 6.81. The molecular weight excluding hydrogens is 285 g/mol. The average molecular weight is 304 g/mol. The number of halogens is 2. The van der Waals surface area contributed by atoms with Gasteiger partial charge >= 0.3 is 0 Å². The van der Waals surface area contributed by atoms with Gasteiger partial charge in [-0.25, -0.2) is 4.39 Å². The first kappa shape index (κ1) is 14.3. The monoisotopic (exact) mass is 303 g/mol. The number of ether oxygens (including phenoxy) is 1. The third-order valence-electron chi connectivity index (χ3n) is 2.53. The van der Waals surface area contributed by atoms with Crippen LogP contribution in [0.4, 0.5) is 10.1 Å². The zero-order valence-electron chi connectivity index (χ0n) is 10.1. The zero-order chi connectivity index (χ0) is 12.7. The summed E-state index contributed by atoms with van der Waals surface area (Å²) in [5, 5.41) is 0. The fourth-order valence-corrected chi connectivity index (χ4v) is 2.17. The van der Waals surface area contributed by atoms with Crippen LogP contribution in [0.1, 0.15) is 39.0 Å². The van der Waals surface area contributed by atoms with Gasteiger partial charge in [-0.05, 0) is 28.4 Å². The number of nitrogen functional groups attached to an aromatic ring is 1. The average Bonchev–Trinajstić information content (AvgIpc) is 2.26. The molecule has 0 saturated heterocycles. The quantitative estimate of drug-likeness (QED) is 0.594. The van der Waals surface area contributed by atoms with Crippen LogP contribution in [0, 0.1) is 5.82 Å². The molecule has 0 aliphatic rings. The van der Waals surface area contributed by atoms with Crippen LogP contribution in [0.25, 0.3) is 0 Å². The van der Waals surface area contributed by atoms with Crippen LogP contribution in [-0.2, 0) is 0 Å². The van der Waals surface area contributed by atoms with Crippen LogP contribution >= 0.6 is 15.9 Å². The minimum atomic E-state index is -0.357. The van der Waals surface area contributed by atoms with E-state index in [1.54, 1.807) is 0 Å². The fourth-order valence-electron chi connectivity index (χ4n) is 1.61. The lowest BCUT2D eigenvalue weighted by atomic mass is 10.2. The molecule has 0 spiro atoms. The molecule has 2 nitrogen and oxygen atoms in total. The Hall–Kier alpha value is -0.770. The Morgan fingerprint density at radius 1 is 1.24 bits per heavy atom. The van der Waals surface area contributed by atoms with Crippen LogP contribution in [0.15, 0.2) is 16.6 Å². The van der Waals surface area contributed by atoms with Gasteiger partial charge in [0, 0.05) is 6.07 Å². The van der Waals surface area contributed by atoms with E-state index < -0.39 is 0 Å². The van der Waals surface area contributed by atoms with Crippen LogP contribution < -0.4 is 10.5 Å². The molecule has 0 saturated carbocycles. The van der Waals surface area contributed by atoms with Crippen molar-refractivity contribution in [1.82, 2.24) is 0 Å². The molecule has 0 aliphatic carbocycles. The molecule has 0 radical (unpaired) electrons. The van der Waals surface area contributed by atoms with E-state index in [0.29, 0.717) is 22.5 Å². The molecule has 0 unspecified atom stereocenters. The number of hydrogen-bond donors (Lipinski definition) is 1. The van der Waals surface area contributed by atoms with Crippen LogP contribution in [-0.4, -0.2) is 6.61 Å². The maximum atomic E-state index is 13.0. The summed E-state index contributed by atoms with van der Waals surface area (Å²) in [6.45, 7) is 2.81. The van der Waals surface area contributed by atoms with Gasteiger partial charge in [-0.3, -0.25) is 0 Å². The minimum absolute atomic E-state index is 0.338. The Bertz CT molecular complexity index is 334. The molecule has 96 valence electrons. The van der Waals surface area contributed by atoms with Gasteiger partial charge in [0.1, 0.15) is 5.82 Å². The van der Waals surface area contributed by atoms with Gasteiger partial charge in [-0.1, -0.05) is 32.6 Å². The van der Waals surface area contributed by atoms with E-state index in [0.717, 1.165) is 12.8 Å². The summed E-state index contributed by atoms with van der Waals surface area (Å²) >= 11 is 3.25. The van der Waals surface area contributed by atoms with Crippen molar-refractivity contribution in [1.29, 1.82) is 0 Å². The van der Waals surface area contributed by atoms with Gasteiger partial charge in [-0.2, -0.15) is 0 Å². The SMILES string of the molecule is CCCCCCCOc1c(N)cc(F)cc1Br. The third-order valence-corrected chi connectivity index (χ3v) is 3.12. The van der Waals surface area contributed by atoms with Gasteiger partial charge in [0.05, 0.1) is 16.8 Å². The normalized spacial score (nSPS) is 10.5. The Labute approximate surface area is 110 Å². The molecule has 0 bridgehead atoms. The molecule has 0 fully saturated rings. The predicted molar refractivity (Wildman–Crippen MR) is 72.8 cm³/mol. The highest BCUT2D eigenvalue weighted by Gasteiger charge is 2.08. The fraction of sp³-hybridized carbons (Fsp3) is 0.538. The van der Waals surface area contributed by atoms with Gasteiger partial charge < -0.3 is 10.5 Å². The first-order chi connectivity index (χ1) is 8.15. The van der Waals surface area contributed by atoms with E-state index in [-0.39, 0.29) is 5.82 Å². The maximum Gasteiger partial charge on any atom is 0.156 e. The molecule has 0 amide bonds. The zero-order valence-corrected chi connectivity index (χ0v) is 11.7. The van der Waals surface area contributed by atoms with E-state index >= 15 is 0 Å². The van der Waals surface area contributed by atoms with Gasteiger partial charge in [-0.15, -0.1) is 0 Å². The Morgan fingerprint density at radius 2 is 1.94 bits per heavy atom. The number of anilines is 1. The summed E-state index contributed by atoms with van der Waals surface area (Å²) in [6, 6.07) is 2.64. The number of hydrogen-bond acceptors (Lipinski definition) is 2. The molecule has 4 heteroatoms. The Morgan fingerprint density at radius 3 is 2.59 bits per heavy atom. The van der Waals surface area contributed by atoms with Crippen LogP contribution in [0.3, 0.4) is 0 Å². The third kappa shape index (κ3) is 4.94. The number of benzene rings is 1. The van der Waals surface area contributed by atoms with Crippen molar-refractivity contribution in [3.63, 3.8) is 0 Å². The Balaban J connectivity index is 2.36. The highest BCUT2D eigenvalue weighted by molar-refractivity contribution is 9.10. The molecule has 1 aromatic carbocycles. The number of nitrogens with two attached hydrogens (primary N) is 1. The molecule has 0 atom stereocenters. The van der Waals surface area contributed by atoms with Crippen molar-refractivity contribution in [2.24, 2.45) is 0 Å². The summed E-state index contributed by atoms with van der Waals surface area (Å²) in [7, 11) is 0. The lowest BCUT2D eigenvalue weighted by Crippen LogP contribution is -2.01. The van der Waals surface area contributed by atoms with E-state index in [4.69, 9.17) is 10.5 Å². The van der Waals surface area contributed by atoms with Crippen LogP contribution in [0.5, 0.6) is 5.75 Å². The van der Waals surface area contributed by atoms with Crippen LogP contribution in [0.2, 0.25) is 0 Å². The number of unbranched alkanes of at least 4 members (excludes halogenated alkanes) is 4. The van der Waals surface area contributed by atoms with Gasteiger partial charge in [0.25, 0.3) is 0 Å². The molecule has 17 heavy (non-hydrogen) atoms. The van der Waals surface area contributed by atoms with Crippen molar-refractivity contribution in [3.05, 3.63) is 22.4 Å². The second kappa shape index (κ2) is 7.54. The standard InChI is InChI=1S/C13H19BrFNO/c1-2-3-4-5-6-7-17-13-11(14)8-10(15)9-12(13)16/h8-9H,2-7,16H2,1H3. The maximum absolute atomic E-state index is 13.0. The second-order valence-corrected chi connectivity index (χ2v) is 4.92. The lowest BCUT2D eigenvalue weighted by Gasteiger charge is -2.10. The second-order valence-electron chi connectivity index (χ2n) is 4.07. The molecule has 0 heterocycles. The van der Waals surface area contributed by atoms with Crippen molar-refractivity contribution >= 4 is 21.6 Å². The van der Waals surface area contributed by atoms with Crippen molar-refractivity contribution in [2.45, 2.75) is 39.0 Å². The summed E-state index contributed by atoms with van der Waals surface area (Å²) in [4.78, 5) is 0. The smallest absolute Gasteiger partial charge is 0.156 e. The lowest BCUT2D eigenvalue weighted by molar-refractivity contribution is 0.304. The summed E-state index contributed by atoms with van der Waals surface area (Å²) in [6.07, 6.45) is 5.90. The van der Waals surface area contributed by atoms with Crippen molar-refractivity contribution < 1.29 is 9.13 Å². The molecule has 1 aromatic rings. The molecular formula is C13H19BrFNO. The van der Waals surface area contributed by atoms with E-state index in [1.165, 1.54) is 31.4 Å². The van der Waals surface area contributed by atoms with Crippen molar-refractivity contribution in [2.75, 3.05) is 12.3 Å². The van der Waals surface area contributed by atoms with E-state index in [2.05, 4.69) is 22.9 Å². The topological polar surface area (TPSA) is 35.2 Å². The largest absolute Gasteiger partial charge is 0.490 e. The molecule has 1 rings (SSSR count). The molecule has 2 N–H and O–H groups in total. The minimum Gasteiger partial charge on any atom is -0.490 e. The first-order valence-electron chi connectivity index (χ1n) is 6.02. The van der Waals surface area contributed by atoms with E-state index in [1.807, 2.05) is 0 Å². The van der Waals surface area contributed by atoms with E-state index in [9.17, 15) is 4.39 Å². The summed E-state index contributed by atoms with van der Waals surface area (Å²) < 4.78 is 19.1. The van der Waals surface area contributed by atoms with Crippen molar-refractivity contribution in [3.8, 4) is 5.75 Å². The number of rotatable bonds is 7. The highest BCUT2D eigenvalue weighted by Crippen LogP contribution is 2.32. The summed E-state index contributed by atoms with van der Waals surface area (Å²) in [5.74, 6) is 0.187. The molecule has 0 aliphatic heterocycles. The Kier molecular flexibility index (Phi) is 6.34. The van der Waals surface area contributed by atoms with Gasteiger partial charge in [0.2, 0.25) is 0 Å². The summed E-state index contributed by atoms with van der Waals surface area (Å²) in [5.41, 5.74) is 6.03. The highest BCUT2D eigenvalue weighted by atomic mass is 79.9. The van der Waals surface area contributed by atoms with Gasteiger partial charge in [0.15, 0.2) is 5.75 Å². The predicted octanol–water partition coefficient (Wildman–Crippen LogP) is 4.52.